The lowest BCUT2D eigenvalue weighted by Gasteiger charge is -2.12. The maximum absolute atomic E-state index is 8.66. The van der Waals surface area contributed by atoms with Gasteiger partial charge in [-0.3, -0.25) is 0 Å². The summed E-state index contributed by atoms with van der Waals surface area (Å²) in [5.74, 6) is 0. The molecular formula is C8H9BrClO. The smallest absolute Gasteiger partial charge is 0.0468 e. The SMILES string of the molecule is OCCC1=C(Cl)C=C(Br)[CH]C1. The highest BCUT2D eigenvalue weighted by Gasteiger charge is 2.09. The summed E-state index contributed by atoms with van der Waals surface area (Å²) in [4.78, 5) is 0. The third kappa shape index (κ3) is 2.62. The van der Waals surface area contributed by atoms with Crippen LogP contribution >= 0.6 is 27.5 Å². The quantitative estimate of drug-likeness (QED) is 0.782. The molecule has 1 radical (unpaired) electrons. The van der Waals surface area contributed by atoms with E-state index in [1.54, 1.807) is 0 Å². The van der Waals surface area contributed by atoms with Crippen molar-refractivity contribution in [3.05, 3.63) is 27.6 Å². The predicted molar refractivity (Wildman–Crippen MR) is 50.5 cm³/mol. The number of allylic oxidation sites excluding steroid dienone is 3. The molecule has 0 atom stereocenters. The fourth-order valence-electron chi connectivity index (χ4n) is 0.957. The van der Waals surface area contributed by atoms with Crippen molar-refractivity contribution >= 4 is 27.5 Å². The monoisotopic (exact) mass is 235 g/mol. The normalized spacial score (nSPS) is 18.6. The molecule has 0 aromatic heterocycles. The first-order valence-corrected chi connectivity index (χ1v) is 4.60. The molecule has 1 nitrogen and oxygen atoms in total. The van der Waals surface area contributed by atoms with Crippen molar-refractivity contribution in [3.63, 3.8) is 0 Å². The Morgan fingerprint density at radius 2 is 2.36 bits per heavy atom. The maximum Gasteiger partial charge on any atom is 0.0468 e. The molecule has 11 heavy (non-hydrogen) atoms. The van der Waals surface area contributed by atoms with Crippen molar-refractivity contribution in [2.24, 2.45) is 0 Å². The summed E-state index contributed by atoms with van der Waals surface area (Å²) in [5, 5.41) is 9.42. The molecule has 61 valence electrons. The van der Waals surface area contributed by atoms with Gasteiger partial charge in [0.1, 0.15) is 0 Å². The van der Waals surface area contributed by atoms with E-state index >= 15 is 0 Å². The second-order valence-electron chi connectivity index (χ2n) is 2.36. The Balaban J connectivity index is 2.69. The van der Waals surface area contributed by atoms with Crippen LogP contribution in [0.4, 0.5) is 0 Å². The van der Waals surface area contributed by atoms with Gasteiger partial charge in [-0.05, 0) is 24.5 Å². The molecule has 0 aromatic carbocycles. The second-order valence-corrected chi connectivity index (χ2v) is 3.69. The lowest BCUT2D eigenvalue weighted by Crippen LogP contribution is -1.96. The van der Waals surface area contributed by atoms with E-state index in [4.69, 9.17) is 16.7 Å². The topological polar surface area (TPSA) is 20.2 Å². The third-order valence-electron chi connectivity index (χ3n) is 1.56. The van der Waals surface area contributed by atoms with E-state index in [0.29, 0.717) is 6.42 Å². The molecule has 0 amide bonds. The van der Waals surface area contributed by atoms with Gasteiger partial charge in [-0.25, -0.2) is 0 Å². The van der Waals surface area contributed by atoms with Gasteiger partial charge < -0.3 is 5.11 Å². The Labute approximate surface area is 79.9 Å². The summed E-state index contributed by atoms with van der Waals surface area (Å²) < 4.78 is 1.02. The molecule has 0 unspecified atom stereocenters. The minimum absolute atomic E-state index is 0.171. The van der Waals surface area contributed by atoms with Crippen molar-refractivity contribution in [2.75, 3.05) is 6.61 Å². The first-order chi connectivity index (χ1) is 5.24. The van der Waals surface area contributed by atoms with Crippen molar-refractivity contribution in [2.45, 2.75) is 12.8 Å². The van der Waals surface area contributed by atoms with Gasteiger partial charge in [-0.1, -0.05) is 27.5 Å². The molecule has 0 aromatic rings. The predicted octanol–water partition coefficient (Wildman–Crippen LogP) is 2.75. The van der Waals surface area contributed by atoms with Gasteiger partial charge in [-0.2, -0.15) is 0 Å². The summed E-state index contributed by atoms with van der Waals surface area (Å²) in [6, 6.07) is 0. The highest BCUT2D eigenvalue weighted by Crippen LogP contribution is 2.29. The van der Waals surface area contributed by atoms with Gasteiger partial charge in [0.05, 0.1) is 0 Å². The van der Waals surface area contributed by atoms with Crippen molar-refractivity contribution in [3.8, 4) is 0 Å². The van der Waals surface area contributed by atoms with Gasteiger partial charge >= 0.3 is 0 Å². The van der Waals surface area contributed by atoms with E-state index in [9.17, 15) is 0 Å². The van der Waals surface area contributed by atoms with Crippen LogP contribution in [-0.4, -0.2) is 11.7 Å². The number of aliphatic hydroxyl groups excluding tert-OH is 1. The Morgan fingerprint density at radius 1 is 1.64 bits per heavy atom. The molecule has 0 heterocycles. The minimum Gasteiger partial charge on any atom is -0.396 e. The zero-order chi connectivity index (χ0) is 8.27. The molecule has 3 heteroatoms. The molecule has 0 saturated carbocycles. The van der Waals surface area contributed by atoms with Crippen molar-refractivity contribution in [1.82, 2.24) is 0 Å². The third-order valence-corrected chi connectivity index (χ3v) is 2.49. The highest BCUT2D eigenvalue weighted by molar-refractivity contribution is 9.11. The van der Waals surface area contributed by atoms with E-state index < -0.39 is 0 Å². The van der Waals surface area contributed by atoms with Crippen molar-refractivity contribution in [1.29, 1.82) is 0 Å². The zero-order valence-electron chi connectivity index (χ0n) is 5.98. The van der Waals surface area contributed by atoms with Gasteiger partial charge in [0.25, 0.3) is 0 Å². The van der Waals surface area contributed by atoms with Crippen LogP contribution < -0.4 is 0 Å². The maximum atomic E-state index is 8.66. The molecule has 0 saturated heterocycles. The van der Waals surface area contributed by atoms with Crippen LogP contribution in [-0.2, 0) is 0 Å². The van der Waals surface area contributed by atoms with Crippen LogP contribution in [0.2, 0.25) is 0 Å². The Hall–Kier alpha value is 0.210. The van der Waals surface area contributed by atoms with E-state index in [-0.39, 0.29) is 6.61 Å². The summed E-state index contributed by atoms with van der Waals surface area (Å²) in [6.45, 7) is 0.171. The van der Waals surface area contributed by atoms with Crippen LogP contribution in [0, 0.1) is 6.42 Å². The fourth-order valence-corrected chi connectivity index (χ4v) is 1.77. The first kappa shape index (κ1) is 9.30. The standard InChI is InChI=1S/C8H9BrClO/c9-7-2-1-6(3-4-11)8(10)5-7/h2,5,11H,1,3-4H2. The molecule has 0 aliphatic heterocycles. The lowest BCUT2D eigenvalue weighted by atomic mass is 10.0. The van der Waals surface area contributed by atoms with Crippen molar-refractivity contribution < 1.29 is 5.11 Å². The van der Waals surface area contributed by atoms with E-state index in [0.717, 1.165) is 21.5 Å². The highest BCUT2D eigenvalue weighted by atomic mass is 79.9. The zero-order valence-corrected chi connectivity index (χ0v) is 8.32. The molecule has 1 aliphatic rings. The fraction of sp³-hybridized carbons (Fsp3) is 0.375. The Kier molecular flexibility index (Phi) is 3.63. The van der Waals surface area contributed by atoms with Crippen LogP contribution in [0.15, 0.2) is 21.2 Å². The molecular weight excluding hydrogens is 227 g/mol. The average Bonchev–Trinajstić information content (AvgIpc) is 1.95. The van der Waals surface area contributed by atoms with Crippen LogP contribution in [0.5, 0.6) is 0 Å². The average molecular weight is 237 g/mol. The van der Waals surface area contributed by atoms with Gasteiger partial charge in [-0.15, -0.1) is 0 Å². The van der Waals surface area contributed by atoms with Gasteiger partial charge in [0.15, 0.2) is 0 Å². The minimum atomic E-state index is 0.171. The van der Waals surface area contributed by atoms with Gasteiger partial charge in [0.2, 0.25) is 0 Å². The summed E-state index contributed by atoms with van der Waals surface area (Å²) in [5.41, 5.74) is 1.11. The van der Waals surface area contributed by atoms with E-state index in [2.05, 4.69) is 15.9 Å². The van der Waals surface area contributed by atoms with Crippen LogP contribution in [0.1, 0.15) is 12.8 Å². The number of halogens is 2. The Morgan fingerprint density at radius 3 is 2.91 bits per heavy atom. The lowest BCUT2D eigenvalue weighted by molar-refractivity contribution is 0.298. The molecule has 0 fully saturated rings. The molecule has 1 rings (SSSR count). The van der Waals surface area contributed by atoms with Crippen LogP contribution in [0.25, 0.3) is 0 Å². The Bertz CT molecular complexity index is 204. The van der Waals surface area contributed by atoms with Gasteiger partial charge in [0, 0.05) is 22.5 Å². The molecule has 0 spiro atoms. The number of hydrogen-bond donors (Lipinski definition) is 1. The summed E-state index contributed by atoms with van der Waals surface area (Å²) in [6.07, 6.45) is 5.41. The number of aliphatic hydroxyl groups is 1. The number of rotatable bonds is 2. The number of hydrogen-bond acceptors (Lipinski definition) is 1. The summed E-state index contributed by atoms with van der Waals surface area (Å²) >= 11 is 9.23. The largest absolute Gasteiger partial charge is 0.396 e. The van der Waals surface area contributed by atoms with E-state index in [1.807, 2.05) is 12.5 Å². The molecule has 0 bridgehead atoms. The van der Waals surface area contributed by atoms with E-state index in [1.165, 1.54) is 0 Å². The molecule has 1 aliphatic carbocycles. The molecule has 1 N–H and O–H groups in total. The van der Waals surface area contributed by atoms with Crippen LogP contribution in [0.3, 0.4) is 0 Å². The first-order valence-electron chi connectivity index (χ1n) is 3.43. The summed E-state index contributed by atoms with van der Waals surface area (Å²) in [7, 11) is 0. The second kappa shape index (κ2) is 4.29.